The summed E-state index contributed by atoms with van der Waals surface area (Å²) in [5, 5.41) is 7.52. The van der Waals surface area contributed by atoms with Gasteiger partial charge in [-0.05, 0) is 25.0 Å². The fourth-order valence-electron chi connectivity index (χ4n) is 2.33. The average Bonchev–Trinajstić information content (AvgIpc) is 2.45. The first kappa shape index (κ1) is 15.6. The smallest absolute Gasteiger partial charge is 0.384 e. The van der Waals surface area contributed by atoms with Crippen LogP contribution in [0, 0.1) is 5.41 Å². The minimum atomic E-state index is -4.53. The van der Waals surface area contributed by atoms with Crippen molar-refractivity contribution in [2.75, 3.05) is 25.2 Å². The van der Waals surface area contributed by atoms with E-state index in [2.05, 4.69) is 4.98 Å². The Morgan fingerprint density at radius 3 is 2.52 bits per heavy atom. The summed E-state index contributed by atoms with van der Waals surface area (Å²) in [7, 11) is 1.67. The second-order valence-electron chi connectivity index (χ2n) is 4.93. The number of ether oxygens (including phenoxy) is 1. The summed E-state index contributed by atoms with van der Waals surface area (Å²) in [6, 6.07) is 2.06. The molecule has 0 aliphatic carbocycles. The van der Waals surface area contributed by atoms with Gasteiger partial charge in [-0.3, -0.25) is 5.41 Å². The Hall–Kier alpha value is -1.83. The maximum atomic E-state index is 12.8. The summed E-state index contributed by atoms with van der Waals surface area (Å²) < 4.78 is 43.7. The van der Waals surface area contributed by atoms with Gasteiger partial charge < -0.3 is 15.4 Å². The Bertz CT molecular complexity index is 527. The van der Waals surface area contributed by atoms with Gasteiger partial charge >= 0.3 is 6.18 Å². The predicted molar refractivity (Wildman–Crippen MR) is 72.5 cm³/mol. The standard InChI is InChI=1S/C13H17F3N4O/c1-20(8-4-6-21-7-5-8)12-9(11(17)18)2-3-10(19-12)13(14,15)16/h2-3,8H,4-7H2,1H3,(H3,17,18). The van der Waals surface area contributed by atoms with Gasteiger partial charge in [0, 0.05) is 26.3 Å². The maximum absolute atomic E-state index is 12.8. The van der Waals surface area contributed by atoms with E-state index in [4.69, 9.17) is 15.9 Å². The molecule has 1 fully saturated rings. The zero-order valence-corrected chi connectivity index (χ0v) is 11.6. The second kappa shape index (κ2) is 5.88. The van der Waals surface area contributed by atoms with Crippen LogP contribution in [0.15, 0.2) is 12.1 Å². The molecule has 0 atom stereocenters. The van der Waals surface area contributed by atoms with E-state index in [0.717, 1.165) is 6.07 Å². The number of anilines is 1. The monoisotopic (exact) mass is 302 g/mol. The van der Waals surface area contributed by atoms with Crippen molar-refractivity contribution in [3.8, 4) is 0 Å². The molecule has 1 saturated heterocycles. The summed E-state index contributed by atoms with van der Waals surface area (Å²) in [6.07, 6.45) is -3.13. The molecule has 3 N–H and O–H groups in total. The molecule has 116 valence electrons. The van der Waals surface area contributed by atoms with Crippen LogP contribution in [-0.2, 0) is 10.9 Å². The van der Waals surface area contributed by atoms with E-state index in [1.54, 1.807) is 11.9 Å². The van der Waals surface area contributed by atoms with Crippen LogP contribution in [-0.4, -0.2) is 37.1 Å². The summed E-state index contributed by atoms with van der Waals surface area (Å²) >= 11 is 0. The molecular weight excluding hydrogens is 285 g/mol. The number of rotatable bonds is 3. The number of alkyl halides is 3. The highest BCUT2D eigenvalue weighted by Gasteiger charge is 2.34. The molecular formula is C13H17F3N4O. The van der Waals surface area contributed by atoms with Crippen molar-refractivity contribution in [3.63, 3.8) is 0 Å². The van der Waals surface area contributed by atoms with Gasteiger partial charge in [0.2, 0.25) is 0 Å². The quantitative estimate of drug-likeness (QED) is 0.661. The Labute approximate surface area is 120 Å². The highest BCUT2D eigenvalue weighted by atomic mass is 19.4. The van der Waals surface area contributed by atoms with Crippen LogP contribution in [0.5, 0.6) is 0 Å². The molecule has 8 heteroatoms. The largest absolute Gasteiger partial charge is 0.433 e. The number of aromatic nitrogens is 1. The fourth-order valence-corrected chi connectivity index (χ4v) is 2.33. The molecule has 2 heterocycles. The number of pyridine rings is 1. The molecule has 1 aromatic rings. The van der Waals surface area contributed by atoms with Crippen LogP contribution >= 0.6 is 0 Å². The lowest BCUT2D eigenvalue weighted by atomic mass is 10.1. The van der Waals surface area contributed by atoms with Gasteiger partial charge in [-0.2, -0.15) is 13.2 Å². The molecule has 5 nitrogen and oxygen atoms in total. The van der Waals surface area contributed by atoms with Crippen LogP contribution in [0.4, 0.5) is 19.0 Å². The lowest BCUT2D eigenvalue weighted by molar-refractivity contribution is -0.141. The Balaban J connectivity index is 2.40. The van der Waals surface area contributed by atoms with Crippen molar-refractivity contribution in [3.05, 3.63) is 23.4 Å². The molecule has 1 aliphatic rings. The number of nitrogen functional groups attached to an aromatic ring is 1. The summed E-state index contributed by atoms with van der Waals surface area (Å²) in [4.78, 5) is 5.34. The first-order valence-corrected chi connectivity index (χ1v) is 6.54. The number of nitrogens with zero attached hydrogens (tertiary/aromatic N) is 2. The SMILES string of the molecule is CN(c1nc(C(F)(F)F)ccc1C(=N)N)C1CCOCC1. The van der Waals surface area contributed by atoms with Gasteiger partial charge in [0.15, 0.2) is 0 Å². The molecule has 0 radical (unpaired) electrons. The molecule has 1 aliphatic heterocycles. The number of nitrogens with one attached hydrogen (secondary N) is 1. The highest BCUT2D eigenvalue weighted by molar-refractivity contribution is 5.99. The zero-order valence-electron chi connectivity index (χ0n) is 11.6. The summed E-state index contributed by atoms with van der Waals surface area (Å²) in [5.74, 6) is -0.214. The minimum absolute atomic E-state index is 0.0211. The molecule has 0 spiro atoms. The van der Waals surface area contributed by atoms with Gasteiger partial charge in [0.05, 0.1) is 5.56 Å². The number of halogens is 3. The number of hydrogen-bond acceptors (Lipinski definition) is 4. The highest BCUT2D eigenvalue weighted by Crippen LogP contribution is 2.31. The number of hydrogen-bond donors (Lipinski definition) is 2. The number of amidine groups is 1. The van der Waals surface area contributed by atoms with Crippen LogP contribution in [0.2, 0.25) is 0 Å². The third-order valence-corrected chi connectivity index (χ3v) is 3.53. The summed E-state index contributed by atoms with van der Waals surface area (Å²) in [6.45, 7) is 1.12. The zero-order chi connectivity index (χ0) is 15.6. The first-order valence-electron chi connectivity index (χ1n) is 6.54. The Morgan fingerprint density at radius 1 is 1.38 bits per heavy atom. The van der Waals surface area contributed by atoms with E-state index >= 15 is 0 Å². The van der Waals surface area contributed by atoms with Gasteiger partial charge in [-0.25, -0.2) is 4.98 Å². The summed E-state index contributed by atoms with van der Waals surface area (Å²) in [5.41, 5.74) is 4.67. The van der Waals surface area contributed by atoms with E-state index in [1.165, 1.54) is 6.07 Å². The van der Waals surface area contributed by atoms with E-state index < -0.39 is 11.9 Å². The first-order chi connectivity index (χ1) is 9.80. The fraction of sp³-hybridized carbons (Fsp3) is 0.538. The van der Waals surface area contributed by atoms with E-state index in [9.17, 15) is 13.2 Å². The Morgan fingerprint density at radius 2 is 2.00 bits per heavy atom. The van der Waals surface area contributed by atoms with E-state index in [0.29, 0.717) is 26.1 Å². The van der Waals surface area contributed by atoms with Crippen LogP contribution < -0.4 is 10.6 Å². The van der Waals surface area contributed by atoms with Gasteiger partial charge in [-0.1, -0.05) is 0 Å². The Kier molecular flexibility index (Phi) is 4.36. The van der Waals surface area contributed by atoms with Gasteiger partial charge in [0.25, 0.3) is 0 Å². The van der Waals surface area contributed by atoms with Crippen molar-refractivity contribution < 1.29 is 17.9 Å². The lowest BCUT2D eigenvalue weighted by Gasteiger charge is -2.33. The number of nitrogens with two attached hydrogens (primary N) is 1. The van der Waals surface area contributed by atoms with Crippen LogP contribution in [0.3, 0.4) is 0 Å². The van der Waals surface area contributed by atoms with Crippen molar-refractivity contribution >= 4 is 11.7 Å². The third kappa shape index (κ3) is 3.44. The average molecular weight is 302 g/mol. The van der Waals surface area contributed by atoms with Crippen LogP contribution in [0.25, 0.3) is 0 Å². The van der Waals surface area contributed by atoms with Gasteiger partial charge in [0.1, 0.15) is 17.3 Å². The second-order valence-corrected chi connectivity index (χ2v) is 4.93. The molecule has 0 amide bonds. The molecule has 0 unspecified atom stereocenters. The molecule has 21 heavy (non-hydrogen) atoms. The van der Waals surface area contributed by atoms with Crippen molar-refractivity contribution in [1.29, 1.82) is 5.41 Å². The molecule has 0 bridgehead atoms. The van der Waals surface area contributed by atoms with E-state index in [-0.39, 0.29) is 23.3 Å². The van der Waals surface area contributed by atoms with Gasteiger partial charge in [-0.15, -0.1) is 0 Å². The molecule has 2 rings (SSSR count). The molecule has 0 saturated carbocycles. The topological polar surface area (TPSA) is 75.2 Å². The molecule has 1 aromatic heterocycles. The van der Waals surface area contributed by atoms with Crippen molar-refractivity contribution in [2.24, 2.45) is 5.73 Å². The van der Waals surface area contributed by atoms with Crippen molar-refractivity contribution in [2.45, 2.75) is 25.1 Å². The normalized spacial score (nSPS) is 16.8. The molecule has 0 aromatic carbocycles. The van der Waals surface area contributed by atoms with Crippen LogP contribution in [0.1, 0.15) is 24.1 Å². The third-order valence-electron chi connectivity index (χ3n) is 3.53. The van der Waals surface area contributed by atoms with E-state index in [1.807, 2.05) is 0 Å². The minimum Gasteiger partial charge on any atom is -0.384 e. The van der Waals surface area contributed by atoms with Crippen molar-refractivity contribution in [1.82, 2.24) is 4.98 Å². The lowest BCUT2D eigenvalue weighted by Crippen LogP contribution is -2.38. The maximum Gasteiger partial charge on any atom is 0.433 e. The predicted octanol–water partition coefficient (Wildman–Crippen LogP) is 2.00.